The number of nitrogens with zero attached hydrogens (tertiary/aromatic N) is 2. The summed E-state index contributed by atoms with van der Waals surface area (Å²) in [4.78, 5) is 4.61. The van der Waals surface area contributed by atoms with E-state index in [2.05, 4.69) is 29.7 Å². The lowest BCUT2D eigenvalue weighted by atomic mass is 10.2. The molecule has 0 amide bonds. The fraction of sp³-hybridized carbons (Fsp3) is 0.500. The molecule has 1 aromatic heterocycles. The molecule has 6 heteroatoms. The monoisotopic (exact) mass is 350 g/mol. The van der Waals surface area contributed by atoms with Gasteiger partial charge in [-0.1, -0.05) is 23.2 Å². The molecule has 2 rings (SSSR count). The van der Waals surface area contributed by atoms with Gasteiger partial charge in [-0.3, -0.25) is 0 Å². The van der Waals surface area contributed by atoms with Crippen LogP contribution in [0.5, 0.6) is 0 Å². The summed E-state index contributed by atoms with van der Waals surface area (Å²) in [5.74, 6) is 0.849. The minimum Gasteiger partial charge on any atom is -0.325 e. The van der Waals surface area contributed by atoms with Crippen molar-refractivity contribution in [3.05, 3.63) is 28.0 Å². The number of fused-ring (bicyclic) bond motifs is 1. The zero-order chi connectivity index (χ0) is 15.1. The Bertz CT molecular complexity index is 635. The third-order valence-electron chi connectivity index (χ3n) is 3.27. The van der Waals surface area contributed by atoms with E-state index in [0.717, 1.165) is 23.4 Å². The molecule has 0 aliphatic heterocycles. The average Bonchev–Trinajstić information content (AvgIpc) is 2.68. The summed E-state index contributed by atoms with van der Waals surface area (Å²) in [6.45, 7) is 7.14. The van der Waals surface area contributed by atoms with Crippen molar-refractivity contribution in [3.63, 3.8) is 0 Å². The molecule has 2 nitrogen and oxygen atoms in total. The van der Waals surface area contributed by atoms with Gasteiger partial charge in [0, 0.05) is 11.3 Å². The fourth-order valence-electron chi connectivity index (χ4n) is 2.05. The Labute approximate surface area is 138 Å². The molecule has 2 aromatic rings. The van der Waals surface area contributed by atoms with Crippen LogP contribution < -0.4 is 0 Å². The van der Waals surface area contributed by atoms with Crippen LogP contribution in [0.1, 0.15) is 32.0 Å². The van der Waals surface area contributed by atoms with Gasteiger partial charge in [-0.2, -0.15) is 11.8 Å². The molecule has 1 heterocycles. The number of hydrogen-bond donors (Lipinski definition) is 0. The Hall–Kier alpha value is -0.0900. The van der Waals surface area contributed by atoms with Gasteiger partial charge in [0.05, 0.1) is 26.5 Å². The van der Waals surface area contributed by atoms with Crippen molar-refractivity contribution in [2.24, 2.45) is 0 Å². The second-order valence-corrected chi connectivity index (χ2v) is 8.37. The summed E-state index contributed by atoms with van der Waals surface area (Å²) < 4.78 is 2.23. The normalized spacial score (nSPS) is 13.9. The summed E-state index contributed by atoms with van der Waals surface area (Å²) >= 11 is 20.3. The van der Waals surface area contributed by atoms with Crippen LogP contribution in [0.2, 0.25) is 10.0 Å². The number of halogens is 3. The lowest BCUT2D eigenvalue weighted by Crippen LogP contribution is -2.23. The first-order valence-corrected chi connectivity index (χ1v) is 8.71. The van der Waals surface area contributed by atoms with E-state index in [9.17, 15) is 0 Å². The van der Waals surface area contributed by atoms with Crippen molar-refractivity contribution in [1.29, 1.82) is 0 Å². The highest BCUT2D eigenvalue weighted by atomic mass is 35.5. The van der Waals surface area contributed by atoms with Gasteiger partial charge in [-0.05, 0) is 39.2 Å². The van der Waals surface area contributed by atoms with Crippen molar-refractivity contribution in [2.45, 2.75) is 37.4 Å². The van der Waals surface area contributed by atoms with Gasteiger partial charge in [0.1, 0.15) is 5.82 Å². The summed E-state index contributed by atoms with van der Waals surface area (Å²) in [5, 5.41) is 0.885. The number of alkyl halides is 1. The molecule has 0 radical (unpaired) electrons. The van der Waals surface area contributed by atoms with Crippen molar-refractivity contribution >= 4 is 57.6 Å². The van der Waals surface area contributed by atoms with Crippen LogP contribution in [-0.4, -0.2) is 20.6 Å². The maximum atomic E-state index is 6.28. The molecule has 0 aliphatic carbocycles. The molecular weight excluding hydrogens is 335 g/mol. The molecule has 1 aromatic carbocycles. The van der Waals surface area contributed by atoms with Gasteiger partial charge in [0.25, 0.3) is 0 Å². The Morgan fingerprint density at radius 2 is 1.90 bits per heavy atom. The van der Waals surface area contributed by atoms with E-state index < -0.39 is 0 Å². The van der Waals surface area contributed by atoms with Crippen LogP contribution in [0, 0.1) is 0 Å². The van der Waals surface area contributed by atoms with Gasteiger partial charge in [0.2, 0.25) is 0 Å². The Balaban J connectivity index is 2.65. The van der Waals surface area contributed by atoms with Gasteiger partial charge in [-0.25, -0.2) is 4.98 Å². The zero-order valence-corrected chi connectivity index (χ0v) is 15.0. The Kier molecular flexibility index (Phi) is 4.85. The molecule has 0 aliphatic rings. The quantitative estimate of drug-likeness (QED) is 0.649. The first kappa shape index (κ1) is 16.3. The maximum Gasteiger partial charge on any atom is 0.127 e. The van der Waals surface area contributed by atoms with E-state index in [4.69, 9.17) is 34.8 Å². The lowest BCUT2D eigenvalue weighted by molar-refractivity contribution is 0.559. The van der Waals surface area contributed by atoms with Crippen molar-refractivity contribution < 1.29 is 0 Å². The van der Waals surface area contributed by atoms with E-state index in [1.807, 2.05) is 24.8 Å². The van der Waals surface area contributed by atoms with E-state index >= 15 is 0 Å². The molecule has 0 spiro atoms. The first-order valence-electron chi connectivity index (χ1n) is 6.29. The molecule has 0 bridgehead atoms. The number of hydrogen-bond acceptors (Lipinski definition) is 2. The topological polar surface area (TPSA) is 17.8 Å². The van der Waals surface area contributed by atoms with Gasteiger partial charge in [-0.15, -0.1) is 11.6 Å². The maximum absolute atomic E-state index is 6.28. The third kappa shape index (κ3) is 3.22. The predicted molar refractivity (Wildman–Crippen MR) is 91.6 cm³/mol. The SMILES string of the molecule is CSC(C)(C)Cn1c(C(C)Cl)nc2cc(Cl)c(Cl)cc21. The molecule has 1 atom stereocenters. The molecule has 0 saturated heterocycles. The van der Waals surface area contributed by atoms with Gasteiger partial charge < -0.3 is 4.57 Å². The zero-order valence-electron chi connectivity index (χ0n) is 11.9. The summed E-state index contributed by atoms with van der Waals surface area (Å²) in [5.41, 5.74) is 1.81. The van der Waals surface area contributed by atoms with Gasteiger partial charge >= 0.3 is 0 Å². The average molecular weight is 352 g/mol. The minimum absolute atomic E-state index is 0.0836. The highest BCUT2D eigenvalue weighted by molar-refractivity contribution is 7.99. The largest absolute Gasteiger partial charge is 0.325 e. The van der Waals surface area contributed by atoms with Crippen molar-refractivity contribution in [2.75, 3.05) is 6.26 Å². The van der Waals surface area contributed by atoms with E-state index in [0.29, 0.717) is 10.0 Å². The molecule has 20 heavy (non-hydrogen) atoms. The van der Waals surface area contributed by atoms with E-state index in [1.165, 1.54) is 0 Å². The number of imidazole rings is 1. The molecule has 0 saturated carbocycles. The summed E-state index contributed by atoms with van der Waals surface area (Å²) in [6.07, 6.45) is 2.10. The number of aromatic nitrogens is 2. The molecular formula is C14H17Cl3N2S. The van der Waals surface area contributed by atoms with Crippen LogP contribution in [0.15, 0.2) is 12.1 Å². The minimum atomic E-state index is -0.169. The highest BCUT2D eigenvalue weighted by Gasteiger charge is 2.23. The van der Waals surface area contributed by atoms with Crippen LogP contribution >= 0.6 is 46.6 Å². The second kappa shape index (κ2) is 5.96. The smallest absolute Gasteiger partial charge is 0.127 e. The van der Waals surface area contributed by atoms with Crippen molar-refractivity contribution in [3.8, 4) is 0 Å². The van der Waals surface area contributed by atoms with Crippen LogP contribution in [-0.2, 0) is 6.54 Å². The predicted octanol–water partition coefficient (Wildman–Crippen LogP) is 5.78. The second-order valence-electron chi connectivity index (χ2n) is 5.39. The highest BCUT2D eigenvalue weighted by Crippen LogP contribution is 2.33. The van der Waals surface area contributed by atoms with E-state index in [-0.39, 0.29) is 10.1 Å². The fourth-order valence-corrected chi connectivity index (χ4v) is 2.79. The Morgan fingerprint density at radius 3 is 2.45 bits per heavy atom. The standard InChI is InChI=1S/C14H17Cl3N2S/c1-8(15)13-18-11-5-9(16)10(17)6-12(11)19(13)7-14(2,3)20-4/h5-6,8H,7H2,1-4H3. The van der Waals surface area contributed by atoms with Crippen LogP contribution in [0.3, 0.4) is 0 Å². The molecule has 0 N–H and O–H groups in total. The van der Waals surface area contributed by atoms with Gasteiger partial charge in [0.15, 0.2) is 0 Å². The summed E-state index contributed by atoms with van der Waals surface area (Å²) in [7, 11) is 0. The number of thioether (sulfide) groups is 1. The van der Waals surface area contributed by atoms with Crippen LogP contribution in [0.25, 0.3) is 11.0 Å². The molecule has 110 valence electrons. The third-order valence-corrected chi connectivity index (χ3v) is 5.42. The van der Waals surface area contributed by atoms with Crippen LogP contribution in [0.4, 0.5) is 0 Å². The summed E-state index contributed by atoms with van der Waals surface area (Å²) in [6, 6.07) is 3.66. The lowest BCUT2D eigenvalue weighted by Gasteiger charge is -2.24. The molecule has 0 fully saturated rings. The Morgan fingerprint density at radius 1 is 1.30 bits per heavy atom. The van der Waals surface area contributed by atoms with E-state index in [1.54, 1.807) is 6.07 Å². The molecule has 1 unspecified atom stereocenters. The number of benzene rings is 1. The number of rotatable bonds is 4. The van der Waals surface area contributed by atoms with Crippen molar-refractivity contribution in [1.82, 2.24) is 9.55 Å². The first-order chi connectivity index (χ1) is 9.25.